The third-order valence-corrected chi connectivity index (χ3v) is 5.88. The highest BCUT2D eigenvalue weighted by molar-refractivity contribution is 7.89. The summed E-state index contributed by atoms with van der Waals surface area (Å²) in [5, 5.41) is 11.0. The zero-order valence-electron chi connectivity index (χ0n) is 11.1. The van der Waals surface area contributed by atoms with Gasteiger partial charge >= 0.3 is 0 Å². The van der Waals surface area contributed by atoms with E-state index in [0.29, 0.717) is 11.4 Å². The molecule has 0 radical (unpaired) electrons. The third-order valence-electron chi connectivity index (χ3n) is 3.87. The molecule has 0 aliphatic carbocycles. The van der Waals surface area contributed by atoms with E-state index in [-0.39, 0.29) is 12.6 Å². The molecular formula is C15H17NO3S. The van der Waals surface area contributed by atoms with Crippen molar-refractivity contribution in [1.82, 2.24) is 4.31 Å². The van der Waals surface area contributed by atoms with Crippen molar-refractivity contribution in [2.45, 2.75) is 23.8 Å². The van der Waals surface area contributed by atoms with Crippen LogP contribution in [0, 0.1) is 0 Å². The van der Waals surface area contributed by atoms with Gasteiger partial charge < -0.3 is 5.11 Å². The van der Waals surface area contributed by atoms with Crippen molar-refractivity contribution in [3.05, 3.63) is 42.5 Å². The monoisotopic (exact) mass is 291 g/mol. The molecule has 1 fully saturated rings. The number of benzene rings is 2. The molecule has 1 heterocycles. The first-order valence-corrected chi connectivity index (χ1v) is 8.19. The van der Waals surface area contributed by atoms with Crippen molar-refractivity contribution in [3.8, 4) is 0 Å². The number of sulfonamides is 1. The van der Waals surface area contributed by atoms with Gasteiger partial charge in [0.1, 0.15) is 0 Å². The third kappa shape index (κ3) is 2.12. The number of fused-ring (bicyclic) bond motifs is 1. The Morgan fingerprint density at radius 1 is 1.15 bits per heavy atom. The maximum absolute atomic E-state index is 12.8. The molecule has 20 heavy (non-hydrogen) atoms. The van der Waals surface area contributed by atoms with Crippen molar-refractivity contribution in [1.29, 1.82) is 0 Å². The molecule has 4 nitrogen and oxygen atoms in total. The van der Waals surface area contributed by atoms with E-state index in [4.69, 9.17) is 0 Å². The number of aliphatic hydroxyl groups excluding tert-OH is 1. The van der Waals surface area contributed by atoms with Crippen molar-refractivity contribution in [2.24, 2.45) is 0 Å². The summed E-state index contributed by atoms with van der Waals surface area (Å²) in [5.41, 5.74) is 0. The minimum Gasteiger partial charge on any atom is -0.395 e. The van der Waals surface area contributed by atoms with Gasteiger partial charge in [-0.1, -0.05) is 36.4 Å². The maximum atomic E-state index is 12.8. The molecule has 106 valence electrons. The van der Waals surface area contributed by atoms with E-state index in [9.17, 15) is 13.5 Å². The number of hydrogen-bond acceptors (Lipinski definition) is 3. The molecule has 2 aromatic rings. The largest absolute Gasteiger partial charge is 0.395 e. The first-order chi connectivity index (χ1) is 9.64. The molecule has 1 aliphatic heterocycles. The van der Waals surface area contributed by atoms with E-state index >= 15 is 0 Å². The van der Waals surface area contributed by atoms with Gasteiger partial charge in [0.2, 0.25) is 10.0 Å². The first-order valence-electron chi connectivity index (χ1n) is 6.75. The lowest BCUT2D eigenvalue weighted by molar-refractivity contribution is 0.213. The lowest BCUT2D eigenvalue weighted by atomic mass is 10.1. The molecular weight excluding hydrogens is 274 g/mol. The second kappa shape index (κ2) is 5.16. The average molecular weight is 291 g/mol. The van der Waals surface area contributed by atoms with Crippen LogP contribution in [-0.4, -0.2) is 37.0 Å². The number of aliphatic hydroxyl groups is 1. The first kappa shape index (κ1) is 13.5. The van der Waals surface area contributed by atoms with Crippen LogP contribution in [0.15, 0.2) is 47.4 Å². The lowest BCUT2D eigenvalue weighted by Gasteiger charge is -2.23. The van der Waals surface area contributed by atoms with Crippen LogP contribution >= 0.6 is 0 Å². The summed E-state index contributed by atoms with van der Waals surface area (Å²) in [6.07, 6.45) is 1.52. The Morgan fingerprint density at radius 2 is 1.90 bits per heavy atom. The minimum absolute atomic E-state index is 0.121. The second-order valence-electron chi connectivity index (χ2n) is 5.07. The smallest absolute Gasteiger partial charge is 0.244 e. The van der Waals surface area contributed by atoms with Crippen LogP contribution in [0.4, 0.5) is 0 Å². The summed E-state index contributed by atoms with van der Waals surface area (Å²) in [7, 11) is -3.55. The Hall–Kier alpha value is -1.43. The van der Waals surface area contributed by atoms with Crippen LogP contribution in [0.5, 0.6) is 0 Å². The molecule has 0 spiro atoms. The van der Waals surface area contributed by atoms with Crippen LogP contribution < -0.4 is 0 Å². The van der Waals surface area contributed by atoms with Crippen LogP contribution in [0.25, 0.3) is 10.8 Å². The standard InChI is InChI=1S/C15H17NO3S/c17-11-13-7-4-10-16(13)20(18,19)15-9-3-6-12-5-1-2-8-14(12)15/h1-3,5-6,8-9,13,17H,4,7,10-11H2. The lowest BCUT2D eigenvalue weighted by Crippen LogP contribution is -2.37. The quantitative estimate of drug-likeness (QED) is 0.941. The molecule has 0 amide bonds. The van der Waals surface area contributed by atoms with E-state index in [1.54, 1.807) is 12.1 Å². The number of nitrogens with zero attached hydrogens (tertiary/aromatic N) is 1. The molecule has 1 aliphatic rings. The zero-order valence-corrected chi connectivity index (χ0v) is 11.9. The molecule has 2 aromatic carbocycles. The summed E-state index contributed by atoms with van der Waals surface area (Å²) in [6.45, 7) is 0.362. The van der Waals surface area contributed by atoms with Gasteiger partial charge in [-0.15, -0.1) is 0 Å². The van der Waals surface area contributed by atoms with E-state index in [2.05, 4.69) is 0 Å². The van der Waals surface area contributed by atoms with Gasteiger partial charge in [0.15, 0.2) is 0 Å². The summed E-state index contributed by atoms with van der Waals surface area (Å²) in [6, 6.07) is 12.5. The summed E-state index contributed by atoms with van der Waals surface area (Å²) >= 11 is 0. The van der Waals surface area contributed by atoms with Crippen LogP contribution in [-0.2, 0) is 10.0 Å². The van der Waals surface area contributed by atoms with Crippen molar-refractivity contribution in [2.75, 3.05) is 13.2 Å². The van der Waals surface area contributed by atoms with E-state index in [1.807, 2.05) is 30.3 Å². The van der Waals surface area contributed by atoms with Crippen LogP contribution in [0.1, 0.15) is 12.8 Å². The Labute approximate surface area is 118 Å². The Bertz CT molecular complexity index is 721. The minimum atomic E-state index is -3.55. The number of hydrogen-bond donors (Lipinski definition) is 1. The highest BCUT2D eigenvalue weighted by Crippen LogP contribution is 2.30. The topological polar surface area (TPSA) is 57.6 Å². The molecule has 1 saturated heterocycles. The Kier molecular flexibility index (Phi) is 3.50. The van der Waals surface area contributed by atoms with Gasteiger partial charge in [-0.3, -0.25) is 0 Å². The predicted molar refractivity (Wildman–Crippen MR) is 77.9 cm³/mol. The highest BCUT2D eigenvalue weighted by Gasteiger charge is 2.35. The molecule has 0 saturated carbocycles. The maximum Gasteiger partial charge on any atom is 0.244 e. The van der Waals surface area contributed by atoms with Gasteiger partial charge in [0, 0.05) is 18.0 Å². The molecule has 0 aromatic heterocycles. The summed E-state index contributed by atoms with van der Waals surface area (Å²) < 4.78 is 27.1. The van der Waals surface area contributed by atoms with Gasteiger partial charge in [-0.2, -0.15) is 4.31 Å². The van der Waals surface area contributed by atoms with Crippen LogP contribution in [0.2, 0.25) is 0 Å². The fourth-order valence-electron chi connectivity index (χ4n) is 2.86. The Morgan fingerprint density at radius 3 is 2.70 bits per heavy atom. The van der Waals surface area contributed by atoms with Gasteiger partial charge in [-0.05, 0) is 24.3 Å². The summed E-state index contributed by atoms with van der Waals surface area (Å²) in [4.78, 5) is 0.330. The van der Waals surface area contributed by atoms with Gasteiger partial charge in [0.25, 0.3) is 0 Å². The van der Waals surface area contributed by atoms with Gasteiger partial charge in [0.05, 0.1) is 11.5 Å². The van der Waals surface area contributed by atoms with Crippen molar-refractivity contribution >= 4 is 20.8 Å². The van der Waals surface area contributed by atoms with Crippen LogP contribution in [0.3, 0.4) is 0 Å². The average Bonchev–Trinajstić information content (AvgIpc) is 2.96. The van der Waals surface area contributed by atoms with E-state index in [1.165, 1.54) is 4.31 Å². The normalized spacial score (nSPS) is 20.6. The second-order valence-corrected chi connectivity index (χ2v) is 6.93. The molecule has 1 N–H and O–H groups in total. The molecule has 0 bridgehead atoms. The summed E-state index contributed by atoms with van der Waals surface area (Å²) in [5.74, 6) is 0. The molecule has 1 unspecified atom stereocenters. The van der Waals surface area contributed by atoms with Crippen molar-refractivity contribution in [3.63, 3.8) is 0 Å². The van der Waals surface area contributed by atoms with E-state index in [0.717, 1.165) is 23.6 Å². The Balaban J connectivity index is 2.14. The highest BCUT2D eigenvalue weighted by atomic mass is 32.2. The molecule has 5 heteroatoms. The predicted octanol–water partition coefficient (Wildman–Crippen LogP) is 1.99. The van der Waals surface area contributed by atoms with E-state index < -0.39 is 10.0 Å². The molecule has 3 rings (SSSR count). The fourth-order valence-corrected chi connectivity index (χ4v) is 4.76. The van der Waals surface area contributed by atoms with Gasteiger partial charge in [-0.25, -0.2) is 8.42 Å². The molecule has 1 atom stereocenters. The fraction of sp³-hybridized carbons (Fsp3) is 0.333. The zero-order chi connectivity index (χ0) is 14.2. The number of rotatable bonds is 3. The SMILES string of the molecule is O=S(=O)(c1cccc2ccccc12)N1CCCC1CO. The van der Waals surface area contributed by atoms with Crippen molar-refractivity contribution < 1.29 is 13.5 Å².